The number of carbonyl (C=O) groups excluding carboxylic acids is 1. The molecule has 1 aromatic carbocycles. The van der Waals surface area contributed by atoms with Gasteiger partial charge in [0, 0.05) is 31.1 Å². The molecule has 8 heteroatoms. The summed E-state index contributed by atoms with van der Waals surface area (Å²) in [7, 11) is 0. The topological polar surface area (TPSA) is 98.9 Å². The van der Waals surface area contributed by atoms with E-state index in [2.05, 4.69) is 20.9 Å². The highest BCUT2D eigenvalue weighted by Gasteiger charge is 2.24. The first-order valence-corrected chi connectivity index (χ1v) is 8.79. The van der Waals surface area contributed by atoms with Crippen molar-refractivity contribution in [3.63, 3.8) is 0 Å². The summed E-state index contributed by atoms with van der Waals surface area (Å²) < 4.78 is 5.19. The monoisotopic (exact) mass is 484 g/mol. The average Bonchev–Trinajstić information content (AvgIpc) is 3.18. The van der Waals surface area contributed by atoms with Crippen molar-refractivity contribution >= 4 is 41.5 Å². The molecular formula is C19H25IN4O3. The Labute approximate surface area is 175 Å². The molecule has 7 nitrogen and oxygen atoms in total. The van der Waals surface area contributed by atoms with Crippen LogP contribution in [0.3, 0.4) is 0 Å². The van der Waals surface area contributed by atoms with E-state index in [-0.39, 0.29) is 42.3 Å². The minimum absolute atomic E-state index is 0. The van der Waals surface area contributed by atoms with E-state index in [4.69, 9.17) is 4.42 Å². The second-order valence-corrected chi connectivity index (χ2v) is 6.17. The second-order valence-electron chi connectivity index (χ2n) is 6.17. The maximum atomic E-state index is 11.9. The van der Waals surface area contributed by atoms with Gasteiger partial charge in [0.1, 0.15) is 11.9 Å². The van der Waals surface area contributed by atoms with E-state index >= 15 is 0 Å². The number of hydrogen-bond acceptors (Lipinski definition) is 4. The third kappa shape index (κ3) is 5.70. The summed E-state index contributed by atoms with van der Waals surface area (Å²) in [5.74, 6) is 1.17. The van der Waals surface area contributed by atoms with Crippen LogP contribution in [0.4, 0.5) is 5.69 Å². The number of halogens is 1. The third-order valence-corrected chi connectivity index (χ3v) is 4.26. The molecule has 2 atom stereocenters. The van der Waals surface area contributed by atoms with Gasteiger partial charge in [-0.05, 0) is 30.7 Å². The number of aliphatic hydroxyl groups excluding tert-OH is 1. The number of aliphatic imine (C=N–C) groups is 1. The van der Waals surface area contributed by atoms with Gasteiger partial charge in [0.2, 0.25) is 5.91 Å². The quantitative estimate of drug-likeness (QED) is 0.287. The Kier molecular flexibility index (Phi) is 8.11. The van der Waals surface area contributed by atoms with Gasteiger partial charge in [-0.1, -0.05) is 18.2 Å². The Morgan fingerprint density at radius 3 is 2.89 bits per heavy atom. The molecule has 146 valence electrons. The summed E-state index contributed by atoms with van der Waals surface area (Å²) in [6.45, 7) is 3.44. The van der Waals surface area contributed by atoms with Crippen molar-refractivity contribution < 1.29 is 14.3 Å². The number of hydrogen-bond donors (Lipinski definition) is 4. The van der Waals surface area contributed by atoms with Gasteiger partial charge in [-0.2, -0.15) is 0 Å². The first-order chi connectivity index (χ1) is 12.7. The van der Waals surface area contributed by atoms with Gasteiger partial charge in [0.15, 0.2) is 5.96 Å². The van der Waals surface area contributed by atoms with Crippen LogP contribution in [0.1, 0.15) is 36.7 Å². The average molecular weight is 484 g/mol. The zero-order chi connectivity index (χ0) is 18.4. The number of para-hydroxylation sites is 1. The fourth-order valence-corrected chi connectivity index (χ4v) is 2.99. The van der Waals surface area contributed by atoms with Crippen molar-refractivity contribution in [1.29, 1.82) is 0 Å². The van der Waals surface area contributed by atoms with Crippen LogP contribution in [-0.2, 0) is 4.79 Å². The molecule has 0 radical (unpaired) electrons. The summed E-state index contributed by atoms with van der Waals surface area (Å²) in [6, 6.07) is 11.3. The van der Waals surface area contributed by atoms with Crippen LogP contribution in [0.2, 0.25) is 0 Å². The normalized spacial score (nSPS) is 17.3. The van der Waals surface area contributed by atoms with Crippen LogP contribution in [0.25, 0.3) is 0 Å². The molecule has 4 N–H and O–H groups in total. The van der Waals surface area contributed by atoms with E-state index < -0.39 is 6.10 Å². The largest absolute Gasteiger partial charge is 0.467 e. The fourth-order valence-electron chi connectivity index (χ4n) is 2.99. The maximum Gasteiger partial charge on any atom is 0.225 e. The zero-order valence-corrected chi connectivity index (χ0v) is 17.5. The fraction of sp³-hybridized carbons (Fsp3) is 0.368. The number of nitrogens with one attached hydrogen (secondary N) is 3. The van der Waals surface area contributed by atoms with Crippen molar-refractivity contribution in [1.82, 2.24) is 10.6 Å². The molecule has 0 spiro atoms. The summed E-state index contributed by atoms with van der Waals surface area (Å²) in [4.78, 5) is 16.3. The molecule has 3 rings (SSSR count). The molecule has 2 aromatic rings. The molecule has 0 fully saturated rings. The van der Waals surface area contributed by atoms with E-state index in [1.807, 2.05) is 31.2 Å². The number of aliphatic hydroxyl groups is 1. The predicted octanol–water partition coefficient (Wildman–Crippen LogP) is 2.61. The van der Waals surface area contributed by atoms with Gasteiger partial charge in [-0.25, -0.2) is 0 Å². The summed E-state index contributed by atoms with van der Waals surface area (Å²) >= 11 is 0. The Morgan fingerprint density at radius 2 is 2.15 bits per heavy atom. The SMILES string of the molecule is CCNC(=NCC(O)c1ccco1)NCC1CC(=O)Nc2ccccc21.I. The molecule has 0 saturated carbocycles. The molecule has 1 aliphatic rings. The molecular weight excluding hydrogens is 459 g/mol. The molecule has 1 aliphatic heterocycles. The first kappa shape index (κ1) is 21.2. The van der Waals surface area contributed by atoms with Gasteiger partial charge in [0.05, 0.1) is 12.8 Å². The number of amides is 1. The molecule has 0 aliphatic carbocycles. The molecule has 0 saturated heterocycles. The number of anilines is 1. The molecule has 2 unspecified atom stereocenters. The third-order valence-electron chi connectivity index (χ3n) is 4.26. The van der Waals surface area contributed by atoms with Crippen LogP contribution in [0.5, 0.6) is 0 Å². The van der Waals surface area contributed by atoms with Crippen LogP contribution < -0.4 is 16.0 Å². The Hall–Kier alpha value is -2.07. The van der Waals surface area contributed by atoms with Crippen molar-refractivity contribution in [2.24, 2.45) is 4.99 Å². The van der Waals surface area contributed by atoms with Crippen molar-refractivity contribution in [2.45, 2.75) is 25.4 Å². The van der Waals surface area contributed by atoms with Crippen LogP contribution in [-0.4, -0.2) is 36.6 Å². The van der Waals surface area contributed by atoms with Crippen molar-refractivity contribution in [3.8, 4) is 0 Å². The minimum Gasteiger partial charge on any atom is -0.467 e. The number of carbonyl (C=O) groups is 1. The number of fused-ring (bicyclic) bond motifs is 1. The van der Waals surface area contributed by atoms with Crippen molar-refractivity contribution in [3.05, 3.63) is 54.0 Å². The number of guanidine groups is 1. The van der Waals surface area contributed by atoms with Gasteiger partial charge in [0.25, 0.3) is 0 Å². The van der Waals surface area contributed by atoms with E-state index in [0.29, 0.717) is 31.2 Å². The second kappa shape index (κ2) is 10.3. The number of rotatable bonds is 6. The Bertz CT molecular complexity index is 764. The number of furan rings is 1. The van der Waals surface area contributed by atoms with Crippen LogP contribution in [0, 0.1) is 0 Å². The lowest BCUT2D eigenvalue weighted by Crippen LogP contribution is -2.41. The lowest BCUT2D eigenvalue weighted by Gasteiger charge is -2.26. The van der Waals surface area contributed by atoms with Crippen LogP contribution in [0.15, 0.2) is 52.1 Å². The number of nitrogens with zero attached hydrogens (tertiary/aromatic N) is 1. The standard InChI is InChI=1S/C19H24N4O3.HI/c1-2-20-19(22-12-16(24)17-8-5-9-26-17)21-11-13-10-18(25)23-15-7-4-3-6-14(13)15;/h3-9,13,16,24H,2,10-12H2,1H3,(H,23,25)(H2,20,21,22);1H. The van der Waals surface area contributed by atoms with E-state index in [1.165, 1.54) is 6.26 Å². The highest BCUT2D eigenvalue weighted by atomic mass is 127. The lowest BCUT2D eigenvalue weighted by molar-refractivity contribution is -0.116. The first-order valence-electron chi connectivity index (χ1n) is 8.79. The molecule has 0 bridgehead atoms. The lowest BCUT2D eigenvalue weighted by atomic mass is 9.90. The smallest absolute Gasteiger partial charge is 0.225 e. The molecule has 27 heavy (non-hydrogen) atoms. The summed E-state index contributed by atoms with van der Waals surface area (Å²) in [5, 5.41) is 19.4. The summed E-state index contributed by atoms with van der Waals surface area (Å²) in [6.07, 6.45) is 1.16. The van der Waals surface area contributed by atoms with Gasteiger partial charge in [-0.15, -0.1) is 24.0 Å². The Morgan fingerprint density at radius 1 is 1.33 bits per heavy atom. The molecule has 1 amide bonds. The minimum atomic E-state index is -0.790. The number of benzene rings is 1. The van der Waals surface area contributed by atoms with Crippen LogP contribution >= 0.6 is 24.0 Å². The van der Waals surface area contributed by atoms with Gasteiger partial charge in [-0.3, -0.25) is 9.79 Å². The van der Waals surface area contributed by atoms with Gasteiger partial charge >= 0.3 is 0 Å². The van der Waals surface area contributed by atoms with E-state index in [0.717, 1.165) is 11.3 Å². The molecule has 2 heterocycles. The summed E-state index contributed by atoms with van der Waals surface area (Å²) in [5.41, 5.74) is 1.98. The zero-order valence-electron chi connectivity index (χ0n) is 15.1. The van der Waals surface area contributed by atoms with E-state index in [1.54, 1.807) is 12.1 Å². The predicted molar refractivity (Wildman–Crippen MR) is 115 cm³/mol. The van der Waals surface area contributed by atoms with Gasteiger partial charge < -0.3 is 25.5 Å². The highest BCUT2D eigenvalue weighted by molar-refractivity contribution is 14.0. The maximum absolute atomic E-state index is 11.9. The Balaban J connectivity index is 0.00000261. The molecule has 1 aromatic heterocycles. The van der Waals surface area contributed by atoms with Crippen molar-refractivity contribution in [2.75, 3.05) is 25.0 Å². The van der Waals surface area contributed by atoms with E-state index in [9.17, 15) is 9.90 Å². The highest BCUT2D eigenvalue weighted by Crippen LogP contribution is 2.31.